The lowest BCUT2D eigenvalue weighted by Gasteiger charge is -2.29. The highest BCUT2D eigenvalue weighted by molar-refractivity contribution is 9.10. The van der Waals surface area contributed by atoms with E-state index < -0.39 is 5.60 Å². The third-order valence-electron chi connectivity index (χ3n) is 5.06. The Hall–Kier alpha value is -2.63. The zero-order valence-corrected chi connectivity index (χ0v) is 17.3. The number of imidazole rings is 1. The molecule has 5 heteroatoms. The van der Waals surface area contributed by atoms with E-state index in [0.29, 0.717) is 11.4 Å². The number of aryl methyl sites for hydroxylation is 1. The van der Waals surface area contributed by atoms with E-state index in [1.54, 1.807) is 7.11 Å². The molecule has 1 N–H and O–H groups in total. The van der Waals surface area contributed by atoms with Crippen molar-refractivity contribution in [1.29, 1.82) is 0 Å². The second-order valence-electron chi connectivity index (χ2n) is 6.62. The largest absolute Gasteiger partial charge is 0.495 e. The molecule has 0 aliphatic rings. The zero-order chi connectivity index (χ0) is 19.7. The number of pyridine rings is 1. The SMILES string of the molecule is CCc1c(C(O)(c2ccccc2)c2ccccc2)nc2cc(OC)c(Br)cn12. The van der Waals surface area contributed by atoms with Crippen LogP contribution >= 0.6 is 15.9 Å². The number of fused-ring (bicyclic) bond motifs is 1. The van der Waals surface area contributed by atoms with Gasteiger partial charge < -0.3 is 14.2 Å². The van der Waals surface area contributed by atoms with Gasteiger partial charge in [-0.1, -0.05) is 67.6 Å². The van der Waals surface area contributed by atoms with Crippen LogP contribution in [0.2, 0.25) is 0 Å². The molecule has 2 aromatic carbocycles. The normalized spacial score (nSPS) is 11.7. The third-order valence-corrected chi connectivity index (χ3v) is 5.65. The van der Waals surface area contributed by atoms with Gasteiger partial charge in [0, 0.05) is 18.0 Å². The van der Waals surface area contributed by atoms with Crippen molar-refractivity contribution in [2.75, 3.05) is 7.11 Å². The Balaban J connectivity index is 2.06. The van der Waals surface area contributed by atoms with E-state index in [2.05, 4.69) is 22.9 Å². The van der Waals surface area contributed by atoms with Crippen molar-refractivity contribution in [3.05, 3.63) is 99.9 Å². The maximum Gasteiger partial charge on any atom is 0.159 e. The molecule has 28 heavy (non-hydrogen) atoms. The van der Waals surface area contributed by atoms with Gasteiger partial charge in [0.05, 0.1) is 11.6 Å². The molecule has 0 bridgehead atoms. The van der Waals surface area contributed by atoms with Gasteiger partial charge in [-0.05, 0) is 33.5 Å². The summed E-state index contributed by atoms with van der Waals surface area (Å²) in [5.41, 5.74) is 2.52. The maximum atomic E-state index is 12.1. The fourth-order valence-corrected chi connectivity index (χ4v) is 4.16. The first-order valence-electron chi connectivity index (χ1n) is 9.18. The first kappa shape index (κ1) is 18.7. The molecular weight excluding hydrogens is 416 g/mol. The summed E-state index contributed by atoms with van der Waals surface area (Å²) < 4.78 is 8.28. The molecule has 0 saturated heterocycles. The van der Waals surface area contributed by atoms with E-state index in [9.17, 15) is 5.11 Å². The van der Waals surface area contributed by atoms with Crippen LogP contribution in [0.5, 0.6) is 5.75 Å². The van der Waals surface area contributed by atoms with E-state index in [-0.39, 0.29) is 0 Å². The molecule has 4 nitrogen and oxygen atoms in total. The van der Waals surface area contributed by atoms with Crippen molar-refractivity contribution in [3.63, 3.8) is 0 Å². The third kappa shape index (κ3) is 2.91. The molecule has 0 unspecified atom stereocenters. The fourth-order valence-electron chi connectivity index (χ4n) is 3.68. The van der Waals surface area contributed by atoms with Gasteiger partial charge >= 0.3 is 0 Å². The fraction of sp³-hybridized carbons (Fsp3) is 0.174. The van der Waals surface area contributed by atoms with Crippen molar-refractivity contribution in [2.45, 2.75) is 18.9 Å². The van der Waals surface area contributed by atoms with E-state index in [4.69, 9.17) is 9.72 Å². The predicted octanol–water partition coefficient (Wildman–Crippen LogP) is 4.95. The Labute approximate surface area is 172 Å². The number of benzene rings is 2. The molecule has 0 radical (unpaired) electrons. The molecule has 2 aromatic heterocycles. The van der Waals surface area contributed by atoms with E-state index in [1.807, 2.05) is 77.3 Å². The van der Waals surface area contributed by atoms with Crippen LogP contribution in [0.15, 0.2) is 77.4 Å². The van der Waals surface area contributed by atoms with Crippen molar-refractivity contribution < 1.29 is 9.84 Å². The number of methoxy groups -OCH3 is 1. The highest BCUT2D eigenvalue weighted by atomic mass is 79.9. The number of aromatic nitrogens is 2. The molecule has 0 aliphatic carbocycles. The topological polar surface area (TPSA) is 46.8 Å². The average Bonchev–Trinajstić information content (AvgIpc) is 3.11. The smallest absolute Gasteiger partial charge is 0.159 e. The van der Waals surface area contributed by atoms with Gasteiger partial charge in [-0.3, -0.25) is 0 Å². The summed E-state index contributed by atoms with van der Waals surface area (Å²) in [6.45, 7) is 2.07. The van der Waals surface area contributed by atoms with Crippen LogP contribution in [0, 0.1) is 0 Å². The summed E-state index contributed by atoms with van der Waals surface area (Å²) in [5.74, 6) is 0.703. The minimum atomic E-state index is -1.36. The van der Waals surface area contributed by atoms with Crippen LogP contribution in [0.3, 0.4) is 0 Å². The summed E-state index contributed by atoms with van der Waals surface area (Å²) in [6, 6.07) is 21.3. The molecule has 2 heterocycles. The monoisotopic (exact) mass is 436 g/mol. The van der Waals surface area contributed by atoms with Gasteiger partial charge in [0.25, 0.3) is 0 Å². The maximum absolute atomic E-state index is 12.1. The molecule has 0 fully saturated rings. The molecule has 0 saturated carbocycles. The molecule has 0 aliphatic heterocycles. The highest BCUT2D eigenvalue weighted by Gasteiger charge is 2.38. The number of ether oxygens (including phenoxy) is 1. The molecule has 0 amide bonds. The summed E-state index contributed by atoms with van der Waals surface area (Å²) in [4.78, 5) is 4.87. The van der Waals surface area contributed by atoms with Gasteiger partial charge in [-0.15, -0.1) is 0 Å². The van der Waals surface area contributed by atoms with Crippen molar-refractivity contribution >= 4 is 21.6 Å². The quantitative estimate of drug-likeness (QED) is 0.481. The number of halogens is 1. The molecule has 0 atom stereocenters. The number of hydrogen-bond acceptors (Lipinski definition) is 3. The Morgan fingerprint density at radius 1 is 1.04 bits per heavy atom. The second kappa shape index (κ2) is 7.41. The second-order valence-corrected chi connectivity index (χ2v) is 7.48. The summed E-state index contributed by atoms with van der Waals surface area (Å²) in [5, 5.41) is 12.1. The Bertz CT molecular complexity index is 1070. The van der Waals surface area contributed by atoms with Crippen LogP contribution < -0.4 is 4.74 Å². The minimum Gasteiger partial charge on any atom is -0.495 e. The summed E-state index contributed by atoms with van der Waals surface area (Å²) >= 11 is 3.55. The lowest BCUT2D eigenvalue weighted by Crippen LogP contribution is -2.30. The van der Waals surface area contributed by atoms with Crippen LogP contribution in [0.25, 0.3) is 5.65 Å². The molecule has 0 spiro atoms. The minimum absolute atomic E-state index is 0.632. The van der Waals surface area contributed by atoms with Crippen LogP contribution in [0.1, 0.15) is 29.4 Å². The van der Waals surface area contributed by atoms with Gasteiger partial charge in [-0.2, -0.15) is 0 Å². The average molecular weight is 437 g/mol. The number of hydrogen-bond donors (Lipinski definition) is 1. The zero-order valence-electron chi connectivity index (χ0n) is 15.8. The van der Waals surface area contributed by atoms with Crippen LogP contribution in [-0.4, -0.2) is 21.6 Å². The van der Waals surface area contributed by atoms with Crippen LogP contribution in [0.4, 0.5) is 0 Å². The Kier molecular flexibility index (Phi) is 4.96. The van der Waals surface area contributed by atoms with Crippen molar-refractivity contribution in [3.8, 4) is 5.75 Å². The van der Waals surface area contributed by atoms with E-state index in [0.717, 1.165) is 33.4 Å². The number of rotatable bonds is 5. The van der Waals surface area contributed by atoms with Crippen molar-refractivity contribution in [2.24, 2.45) is 0 Å². The summed E-state index contributed by atoms with van der Waals surface area (Å²) in [7, 11) is 1.63. The predicted molar refractivity (Wildman–Crippen MR) is 114 cm³/mol. The van der Waals surface area contributed by atoms with E-state index in [1.165, 1.54) is 0 Å². The first-order chi connectivity index (χ1) is 13.6. The van der Waals surface area contributed by atoms with Crippen LogP contribution in [-0.2, 0) is 12.0 Å². The van der Waals surface area contributed by atoms with Gasteiger partial charge in [0.15, 0.2) is 5.60 Å². The lowest BCUT2D eigenvalue weighted by atomic mass is 9.82. The summed E-state index contributed by atoms with van der Waals surface area (Å²) in [6.07, 6.45) is 2.66. The van der Waals surface area contributed by atoms with Gasteiger partial charge in [0.2, 0.25) is 0 Å². The molecule has 142 valence electrons. The van der Waals surface area contributed by atoms with Crippen molar-refractivity contribution in [1.82, 2.24) is 9.38 Å². The molecule has 4 rings (SSSR count). The van der Waals surface area contributed by atoms with E-state index >= 15 is 0 Å². The highest BCUT2D eigenvalue weighted by Crippen LogP contribution is 2.39. The first-order valence-corrected chi connectivity index (χ1v) is 9.97. The Morgan fingerprint density at radius 2 is 1.61 bits per heavy atom. The van der Waals surface area contributed by atoms with Gasteiger partial charge in [-0.25, -0.2) is 4.98 Å². The number of aliphatic hydroxyl groups is 1. The molecule has 4 aromatic rings. The molecular formula is C23H21BrN2O2. The van der Waals surface area contributed by atoms with Gasteiger partial charge in [0.1, 0.15) is 17.1 Å². The number of nitrogens with zero attached hydrogens (tertiary/aromatic N) is 2. The Morgan fingerprint density at radius 3 is 2.11 bits per heavy atom. The lowest BCUT2D eigenvalue weighted by molar-refractivity contribution is 0.120. The standard InChI is InChI=1S/C23H21BrN2O2/c1-3-19-22(25-21-14-20(28-2)18(24)15-26(19)21)23(27,16-10-6-4-7-11-16)17-12-8-5-9-13-17/h4-15,27H,3H2,1-2H3.